The van der Waals surface area contributed by atoms with Crippen LogP contribution in [0.1, 0.15) is 0 Å². The van der Waals surface area contributed by atoms with Gasteiger partial charge < -0.3 is 8.83 Å². The van der Waals surface area contributed by atoms with Gasteiger partial charge in [-0.05, 0) is 62.0 Å². The second-order valence-corrected chi connectivity index (χ2v) is 10.9. The maximum absolute atomic E-state index is 6.35. The van der Waals surface area contributed by atoms with Gasteiger partial charge in [-0.3, -0.25) is 0 Å². The van der Waals surface area contributed by atoms with Crippen LogP contribution in [0, 0.1) is 0 Å². The molecule has 0 atom stereocenters. The number of rotatable bonds is 3. The van der Waals surface area contributed by atoms with Gasteiger partial charge in [0.05, 0.1) is 0 Å². The molecule has 0 amide bonds. The summed E-state index contributed by atoms with van der Waals surface area (Å²) in [5, 5.41) is 8.33. The molecule has 2 heterocycles. The standard InChI is InChI=1S/C40H24O2/c1-2-10-26(11-3-1)39-30-13-4-6-15-32(30)40(33-16-7-5-14-31(33)39)27-20-18-25(19-21-27)36-23-28-22-34-29-12-8-9-17-35(29)41-38(34)24-37(28)42-36/h1-24H. The Morgan fingerprint density at radius 3 is 1.48 bits per heavy atom. The molecule has 0 aliphatic rings. The molecule has 0 fully saturated rings. The van der Waals surface area contributed by atoms with E-state index in [-0.39, 0.29) is 0 Å². The van der Waals surface area contributed by atoms with Crippen LogP contribution in [0.2, 0.25) is 0 Å². The third-order valence-corrected chi connectivity index (χ3v) is 8.47. The second kappa shape index (κ2) is 8.95. The highest BCUT2D eigenvalue weighted by molar-refractivity contribution is 6.21. The van der Waals surface area contributed by atoms with Crippen molar-refractivity contribution in [3.05, 3.63) is 146 Å². The first-order chi connectivity index (χ1) is 20.8. The molecule has 0 unspecified atom stereocenters. The SMILES string of the molecule is c1ccc(-c2c3ccccc3c(-c3ccc(-c4cc5cc6c(cc5o4)oc4ccccc46)cc3)c3ccccc23)cc1. The highest BCUT2D eigenvalue weighted by Crippen LogP contribution is 2.44. The zero-order chi connectivity index (χ0) is 27.6. The zero-order valence-corrected chi connectivity index (χ0v) is 22.7. The summed E-state index contributed by atoms with van der Waals surface area (Å²) in [5.74, 6) is 0.850. The quantitative estimate of drug-likeness (QED) is 0.210. The van der Waals surface area contributed by atoms with Crippen LogP contribution in [0.4, 0.5) is 0 Å². The Morgan fingerprint density at radius 2 is 0.833 bits per heavy atom. The maximum atomic E-state index is 6.35. The molecule has 2 heteroatoms. The van der Waals surface area contributed by atoms with Crippen LogP contribution in [0.5, 0.6) is 0 Å². The van der Waals surface area contributed by atoms with Gasteiger partial charge in [0.15, 0.2) is 0 Å². The molecule has 0 radical (unpaired) electrons. The van der Waals surface area contributed by atoms with E-state index in [9.17, 15) is 0 Å². The largest absolute Gasteiger partial charge is 0.456 e. The predicted molar refractivity (Wildman–Crippen MR) is 175 cm³/mol. The first-order valence-electron chi connectivity index (χ1n) is 14.3. The minimum Gasteiger partial charge on any atom is -0.456 e. The summed E-state index contributed by atoms with van der Waals surface area (Å²) in [5.41, 5.74) is 8.57. The lowest BCUT2D eigenvalue weighted by Crippen LogP contribution is -1.90. The zero-order valence-electron chi connectivity index (χ0n) is 22.7. The number of hydrogen-bond donors (Lipinski definition) is 0. The van der Waals surface area contributed by atoms with E-state index < -0.39 is 0 Å². The van der Waals surface area contributed by atoms with Gasteiger partial charge in [-0.1, -0.05) is 121 Å². The Hall–Kier alpha value is -5.60. The fourth-order valence-electron chi connectivity index (χ4n) is 6.56. The fourth-order valence-corrected chi connectivity index (χ4v) is 6.56. The number of benzene rings is 7. The van der Waals surface area contributed by atoms with Gasteiger partial charge in [0.25, 0.3) is 0 Å². The maximum Gasteiger partial charge on any atom is 0.139 e. The van der Waals surface area contributed by atoms with E-state index in [1.807, 2.05) is 24.3 Å². The van der Waals surface area contributed by atoms with Gasteiger partial charge in [0.2, 0.25) is 0 Å². The lowest BCUT2D eigenvalue weighted by atomic mass is 9.86. The minimum atomic E-state index is 0.828. The van der Waals surface area contributed by atoms with E-state index in [1.165, 1.54) is 43.8 Å². The first kappa shape index (κ1) is 23.1. The number of hydrogen-bond acceptors (Lipinski definition) is 2. The molecule has 2 nitrogen and oxygen atoms in total. The highest BCUT2D eigenvalue weighted by Gasteiger charge is 2.17. The second-order valence-electron chi connectivity index (χ2n) is 10.9. The van der Waals surface area contributed by atoms with E-state index >= 15 is 0 Å². The first-order valence-corrected chi connectivity index (χ1v) is 14.3. The molecule has 0 aliphatic carbocycles. The molecule has 2 aromatic heterocycles. The van der Waals surface area contributed by atoms with Crippen molar-refractivity contribution in [1.82, 2.24) is 0 Å². The van der Waals surface area contributed by atoms with Gasteiger partial charge in [-0.25, -0.2) is 0 Å². The Balaban J connectivity index is 1.19. The Bertz CT molecular complexity index is 2380. The lowest BCUT2D eigenvalue weighted by Gasteiger charge is -2.17. The lowest BCUT2D eigenvalue weighted by molar-refractivity contribution is 0.628. The molecule has 7 aromatic carbocycles. The van der Waals surface area contributed by atoms with Crippen LogP contribution in [-0.4, -0.2) is 0 Å². The van der Waals surface area contributed by atoms with E-state index in [0.29, 0.717) is 0 Å². The van der Waals surface area contributed by atoms with Crippen molar-refractivity contribution in [2.24, 2.45) is 0 Å². The van der Waals surface area contributed by atoms with E-state index in [1.54, 1.807) is 0 Å². The Labute approximate surface area is 242 Å². The third-order valence-electron chi connectivity index (χ3n) is 8.47. The van der Waals surface area contributed by atoms with Gasteiger partial charge in [-0.15, -0.1) is 0 Å². The summed E-state index contributed by atoms with van der Waals surface area (Å²) in [6.45, 7) is 0. The van der Waals surface area contributed by atoms with Crippen molar-refractivity contribution in [1.29, 1.82) is 0 Å². The fraction of sp³-hybridized carbons (Fsp3) is 0. The van der Waals surface area contributed by atoms with Crippen molar-refractivity contribution in [2.45, 2.75) is 0 Å². The Morgan fingerprint density at radius 1 is 0.310 bits per heavy atom. The summed E-state index contributed by atoms with van der Waals surface area (Å²) in [6.07, 6.45) is 0. The van der Waals surface area contributed by atoms with Crippen molar-refractivity contribution < 1.29 is 8.83 Å². The molecule has 9 rings (SSSR count). The molecule has 0 N–H and O–H groups in total. The van der Waals surface area contributed by atoms with E-state index in [2.05, 4.69) is 121 Å². The molecule has 0 bridgehead atoms. The molecular formula is C40H24O2. The van der Waals surface area contributed by atoms with Crippen LogP contribution >= 0.6 is 0 Å². The Kier molecular flexibility index (Phi) is 4.93. The molecule has 9 aromatic rings. The van der Waals surface area contributed by atoms with Crippen LogP contribution in [0.25, 0.3) is 88.0 Å². The van der Waals surface area contributed by atoms with E-state index in [4.69, 9.17) is 8.83 Å². The average Bonchev–Trinajstić information content (AvgIpc) is 3.63. The molecule has 42 heavy (non-hydrogen) atoms. The summed E-state index contributed by atoms with van der Waals surface area (Å²) < 4.78 is 12.4. The van der Waals surface area contributed by atoms with Gasteiger partial charge in [0.1, 0.15) is 22.5 Å². The minimum absolute atomic E-state index is 0.828. The average molecular weight is 537 g/mol. The highest BCUT2D eigenvalue weighted by atomic mass is 16.3. The normalized spacial score (nSPS) is 11.8. The monoisotopic (exact) mass is 536 g/mol. The molecule has 196 valence electrons. The van der Waals surface area contributed by atoms with Crippen molar-refractivity contribution >= 4 is 54.5 Å². The van der Waals surface area contributed by atoms with Gasteiger partial charge in [0, 0.05) is 27.8 Å². The number of furan rings is 2. The summed E-state index contributed by atoms with van der Waals surface area (Å²) in [7, 11) is 0. The van der Waals surface area contributed by atoms with Crippen molar-refractivity contribution in [3.63, 3.8) is 0 Å². The number of para-hydroxylation sites is 1. The van der Waals surface area contributed by atoms with Crippen molar-refractivity contribution in [2.75, 3.05) is 0 Å². The third kappa shape index (κ3) is 3.45. The van der Waals surface area contributed by atoms with E-state index in [0.717, 1.165) is 44.2 Å². The smallest absolute Gasteiger partial charge is 0.139 e. The van der Waals surface area contributed by atoms with Gasteiger partial charge in [-0.2, -0.15) is 0 Å². The molecular weight excluding hydrogens is 512 g/mol. The summed E-state index contributed by atoms with van der Waals surface area (Å²) in [6, 6.07) is 51.5. The predicted octanol–water partition coefficient (Wildman–Crippen LogP) is 11.6. The summed E-state index contributed by atoms with van der Waals surface area (Å²) >= 11 is 0. The topological polar surface area (TPSA) is 26.3 Å². The molecule has 0 saturated heterocycles. The molecule has 0 saturated carbocycles. The molecule has 0 spiro atoms. The number of fused-ring (bicyclic) bond motifs is 6. The van der Waals surface area contributed by atoms with Crippen LogP contribution in [-0.2, 0) is 0 Å². The van der Waals surface area contributed by atoms with Crippen LogP contribution in [0.15, 0.2) is 154 Å². The van der Waals surface area contributed by atoms with Gasteiger partial charge >= 0.3 is 0 Å². The van der Waals surface area contributed by atoms with Crippen molar-refractivity contribution in [3.8, 4) is 33.6 Å². The van der Waals surface area contributed by atoms with Crippen LogP contribution in [0.3, 0.4) is 0 Å². The molecule has 0 aliphatic heterocycles. The van der Waals surface area contributed by atoms with Crippen LogP contribution < -0.4 is 0 Å². The summed E-state index contributed by atoms with van der Waals surface area (Å²) in [4.78, 5) is 0.